The number of hydrogen-bond acceptors (Lipinski definition) is 8. The van der Waals surface area contributed by atoms with E-state index in [9.17, 15) is 23.6 Å². The first-order valence-electron chi connectivity index (χ1n) is 18.4. The molecule has 1 unspecified atom stereocenters. The van der Waals surface area contributed by atoms with Crippen molar-refractivity contribution in [1.29, 1.82) is 0 Å². The Morgan fingerprint density at radius 1 is 0.909 bits per heavy atom. The second kappa shape index (κ2) is 17.4. The summed E-state index contributed by atoms with van der Waals surface area (Å²) >= 11 is 12.8. The highest BCUT2D eigenvalue weighted by Gasteiger charge is 2.37. The average molecular weight is 797 g/mol. The highest BCUT2D eigenvalue weighted by molar-refractivity contribution is 6.35. The van der Waals surface area contributed by atoms with E-state index in [1.165, 1.54) is 18.2 Å². The van der Waals surface area contributed by atoms with Crippen LogP contribution < -0.4 is 19.1 Å². The molecule has 2 bridgehead atoms. The fraction of sp³-hybridized carbons (Fsp3) is 0.390. The van der Waals surface area contributed by atoms with E-state index in [1.54, 1.807) is 11.0 Å². The molecular weight excluding hydrogens is 755 g/mol. The van der Waals surface area contributed by atoms with E-state index in [0.29, 0.717) is 45.6 Å². The number of carbonyl (C=O) groups excluding carboxylic acids is 2. The predicted molar refractivity (Wildman–Crippen MR) is 201 cm³/mol. The lowest BCUT2D eigenvalue weighted by atomic mass is 9.86. The second-order valence-electron chi connectivity index (χ2n) is 14.3. The van der Waals surface area contributed by atoms with Gasteiger partial charge in [0, 0.05) is 24.2 Å². The molecule has 3 aromatic carbocycles. The highest BCUT2D eigenvalue weighted by atomic mass is 35.5. The molecule has 290 valence electrons. The summed E-state index contributed by atoms with van der Waals surface area (Å²) in [6.45, 7) is 0.255. The minimum atomic E-state index is -3.07. The second-order valence-corrected chi connectivity index (χ2v) is 15.1. The molecule has 1 saturated carbocycles. The maximum Gasteiger partial charge on any atom is 0.414 e. The molecule has 4 heterocycles. The minimum absolute atomic E-state index is 0.0326. The van der Waals surface area contributed by atoms with E-state index in [0.717, 1.165) is 63.3 Å². The Morgan fingerprint density at radius 2 is 1.64 bits per heavy atom. The molecule has 55 heavy (non-hydrogen) atoms. The number of piperidine rings is 3. The lowest BCUT2D eigenvalue weighted by Crippen LogP contribution is -2.53. The molecule has 4 fully saturated rings. The number of amides is 1. The number of para-hydroxylation sites is 1. The van der Waals surface area contributed by atoms with Crippen LogP contribution in [0.25, 0.3) is 0 Å². The molecule has 14 heteroatoms. The number of fused-ring (bicyclic) bond motifs is 3. The van der Waals surface area contributed by atoms with E-state index in [4.69, 9.17) is 42.1 Å². The molecule has 10 nitrogen and oxygen atoms in total. The lowest BCUT2D eigenvalue weighted by Gasteiger charge is -2.44. The van der Waals surface area contributed by atoms with Crippen molar-refractivity contribution in [3.8, 4) is 11.5 Å². The molecular formula is C41H41Cl2F2N3O7. The van der Waals surface area contributed by atoms with Crippen LogP contribution in [-0.2, 0) is 33.7 Å². The molecule has 1 aliphatic carbocycles. The summed E-state index contributed by atoms with van der Waals surface area (Å²) in [6.07, 6.45) is 4.51. The first-order chi connectivity index (χ1) is 26.6. The number of nitrogens with zero attached hydrogens (tertiary/aromatic N) is 3. The smallest absolute Gasteiger partial charge is 0.414 e. The standard InChI is InChI=1S/C41H41Cl2F2N3O7/c42-33-22-47(51)23-34(43)32(33)20-36(30-11-12-35(54-40(44)45)37(19-30)52-25-26-9-10-26)53-39(49)18-27-5-4-6-28(17-27)21-48(31-7-2-1-3-8-31)41(50)55-38-24-46-15-13-29(38)14-16-46/h1-8,11-12,17,19,22-23,26,29,36,38,40H,9-10,13-16,18,20-21,24-25H2/t36?,38-/m0/s1. The highest BCUT2D eigenvalue weighted by Crippen LogP contribution is 2.38. The Kier molecular flexibility index (Phi) is 12.2. The van der Waals surface area contributed by atoms with Crippen molar-refractivity contribution in [3.05, 3.63) is 123 Å². The number of benzene rings is 3. The molecule has 2 atom stereocenters. The van der Waals surface area contributed by atoms with Gasteiger partial charge >= 0.3 is 18.7 Å². The molecule has 1 amide bonds. The number of hydrogen-bond donors (Lipinski definition) is 0. The van der Waals surface area contributed by atoms with Crippen molar-refractivity contribution in [2.24, 2.45) is 11.8 Å². The summed E-state index contributed by atoms with van der Waals surface area (Å²) in [7, 11) is 0. The zero-order valence-electron chi connectivity index (χ0n) is 30.0. The van der Waals surface area contributed by atoms with Gasteiger partial charge in [-0.25, -0.2) is 4.79 Å². The zero-order chi connectivity index (χ0) is 38.5. The number of aromatic nitrogens is 1. The number of pyridine rings is 1. The fourth-order valence-corrected chi connectivity index (χ4v) is 7.75. The number of anilines is 1. The van der Waals surface area contributed by atoms with Gasteiger partial charge in [0.25, 0.3) is 0 Å². The summed E-state index contributed by atoms with van der Waals surface area (Å²) in [5.41, 5.74) is 2.87. The number of ether oxygens (including phenoxy) is 4. The van der Waals surface area contributed by atoms with Crippen LogP contribution >= 0.6 is 23.2 Å². The number of alkyl halides is 2. The van der Waals surface area contributed by atoms with E-state index in [-0.39, 0.29) is 47.0 Å². The van der Waals surface area contributed by atoms with Crippen LogP contribution in [0.5, 0.6) is 11.5 Å². The topological polar surface area (TPSA) is 104 Å². The van der Waals surface area contributed by atoms with Gasteiger partial charge in [0.05, 0.1) is 19.6 Å². The van der Waals surface area contributed by atoms with Crippen LogP contribution in [0.3, 0.4) is 0 Å². The van der Waals surface area contributed by atoms with Crippen LogP contribution in [0.2, 0.25) is 10.0 Å². The third kappa shape index (κ3) is 10.2. The van der Waals surface area contributed by atoms with Crippen LogP contribution in [0.15, 0.2) is 85.2 Å². The Bertz CT molecular complexity index is 1960. The number of rotatable bonds is 15. The van der Waals surface area contributed by atoms with Gasteiger partial charge < -0.3 is 24.2 Å². The quantitative estimate of drug-likeness (QED) is 0.0673. The summed E-state index contributed by atoms with van der Waals surface area (Å²) in [4.78, 5) is 31.4. The molecule has 3 aliphatic heterocycles. The molecule has 0 spiro atoms. The maximum absolute atomic E-state index is 13.7. The molecule has 4 aliphatic rings. The van der Waals surface area contributed by atoms with Crippen LogP contribution in [-0.4, -0.2) is 55.9 Å². The lowest BCUT2D eigenvalue weighted by molar-refractivity contribution is -0.605. The minimum Gasteiger partial charge on any atom is -0.619 e. The third-order valence-corrected chi connectivity index (χ3v) is 10.9. The third-order valence-electron chi connectivity index (χ3n) is 10.3. The van der Waals surface area contributed by atoms with Gasteiger partial charge in [0.1, 0.15) is 22.3 Å². The van der Waals surface area contributed by atoms with Crippen molar-refractivity contribution < 1.29 is 42.0 Å². The van der Waals surface area contributed by atoms with Crippen molar-refractivity contribution in [2.45, 2.75) is 63.9 Å². The Balaban J connectivity index is 1.10. The molecule has 4 aromatic rings. The first kappa shape index (κ1) is 38.6. The van der Waals surface area contributed by atoms with Gasteiger partial charge in [-0.2, -0.15) is 13.5 Å². The van der Waals surface area contributed by atoms with Crippen molar-refractivity contribution in [1.82, 2.24) is 4.90 Å². The number of carbonyl (C=O) groups is 2. The van der Waals surface area contributed by atoms with E-state index in [1.807, 2.05) is 48.5 Å². The van der Waals surface area contributed by atoms with Gasteiger partial charge in [-0.05, 0) is 91.6 Å². The first-order valence-corrected chi connectivity index (χ1v) is 19.1. The molecule has 8 rings (SSSR count). The zero-order valence-corrected chi connectivity index (χ0v) is 31.5. The van der Waals surface area contributed by atoms with Crippen LogP contribution in [0.4, 0.5) is 19.3 Å². The largest absolute Gasteiger partial charge is 0.619 e. The van der Waals surface area contributed by atoms with Crippen molar-refractivity contribution in [3.63, 3.8) is 0 Å². The summed E-state index contributed by atoms with van der Waals surface area (Å²) < 4.78 is 49.8. The summed E-state index contributed by atoms with van der Waals surface area (Å²) in [6, 6.07) is 21.0. The van der Waals surface area contributed by atoms with E-state index >= 15 is 0 Å². The summed E-state index contributed by atoms with van der Waals surface area (Å²) in [5, 5.41) is 12.1. The fourth-order valence-electron chi connectivity index (χ4n) is 7.16. The number of halogens is 4. The monoisotopic (exact) mass is 795 g/mol. The molecule has 0 radical (unpaired) electrons. The van der Waals surface area contributed by atoms with Crippen LogP contribution in [0, 0.1) is 17.0 Å². The average Bonchev–Trinajstić information content (AvgIpc) is 4.00. The van der Waals surface area contributed by atoms with Crippen molar-refractivity contribution in [2.75, 3.05) is 31.1 Å². The molecule has 1 aromatic heterocycles. The van der Waals surface area contributed by atoms with Gasteiger partial charge in [0.2, 0.25) is 0 Å². The van der Waals surface area contributed by atoms with Gasteiger partial charge in [-0.1, -0.05) is 71.7 Å². The Labute approximate surface area is 328 Å². The predicted octanol–water partition coefficient (Wildman–Crippen LogP) is 8.32. The SMILES string of the molecule is O=C(Cc1cccc(CN(C(=O)O[C@H]2CN3CCC2CC3)c2ccccc2)c1)OC(Cc1c(Cl)c[n+]([O-])cc1Cl)c1ccc(OC(F)F)c(OCC2CC2)c1. The van der Waals surface area contributed by atoms with E-state index in [2.05, 4.69) is 4.90 Å². The van der Waals surface area contributed by atoms with Crippen molar-refractivity contribution >= 4 is 41.0 Å². The summed E-state index contributed by atoms with van der Waals surface area (Å²) in [5.74, 6) is 0.00764. The normalized spacial score (nSPS) is 19.5. The van der Waals surface area contributed by atoms with E-state index < -0.39 is 24.8 Å². The number of esters is 1. The molecule has 3 saturated heterocycles. The maximum atomic E-state index is 13.7. The Morgan fingerprint density at radius 3 is 2.31 bits per heavy atom. The van der Waals surface area contributed by atoms with Crippen LogP contribution in [0.1, 0.15) is 54.0 Å². The Hall–Kier alpha value is -4.65. The van der Waals surface area contributed by atoms with Gasteiger partial charge in [-0.3, -0.25) is 14.6 Å². The molecule has 0 N–H and O–H groups in total. The van der Waals surface area contributed by atoms with Gasteiger partial charge in [-0.15, -0.1) is 0 Å². The van der Waals surface area contributed by atoms with Gasteiger partial charge in [0.15, 0.2) is 23.9 Å².